The number of nitrogens with zero attached hydrogens (tertiary/aromatic N) is 2. The lowest BCUT2D eigenvalue weighted by Gasteiger charge is -2.21. The molecule has 5 rings (SSSR count). The number of carbonyl (C=O) groups is 2. The second-order valence-electron chi connectivity index (χ2n) is 7.57. The third-order valence-electron chi connectivity index (χ3n) is 5.68. The number of amides is 1. The van der Waals surface area contributed by atoms with Gasteiger partial charge in [0.2, 0.25) is 0 Å². The van der Waals surface area contributed by atoms with E-state index >= 15 is 0 Å². The van der Waals surface area contributed by atoms with Crippen molar-refractivity contribution in [3.05, 3.63) is 81.6 Å². The first-order valence-electron chi connectivity index (χ1n) is 10.4. The molecule has 33 heavy (non-hydrogen) atoms. The molecule has 4 aromatic rings. The fourth-order valence-corrected chi connectivity index (χ4v) is 5.81. The van der Waals surface area contributed by atoms with Crippen molar-refractivity contribution in [2.45, 2.75) is 19.4 Å². The van der Waals surface area contributed by atoms with Crippen molar-refractivity contribution < 1.29 is 19.4 Å². The molecule has 1 saturated heterocycles. The molecule has 2 aromatic carbocycles. The summed E-state index contributed by atoms with van der Waals surface area (Å²) in [5, 5.41) is 13.5. The number of aryl methyl sites for hydroxylation is 1. The number of aliphatic hydroxyl groups excluding tert-OH is 1. The van der Waals surface area contributed by atoms with Gasteiger partial charge in [0, 0.05) is 10.4 Å². The molecule has 1 aliphatic rings. The van der Waals surface area contributed by atoms with E-state index in [-0.39, 0.29) is 11.3 Å². The third-order valence-corrected chi connectivity index (χ3v) is 7.62. The van der Waals surface area contributed by atoms with Crippen LogP contribution in [0.15, 0.2) is 65.6 Å². The van der Waals surface area contributed by atoms with Gasteiger partial charge in [-0.25, -0.2) is 4.98 Å². The summed E-state index contributed by atoms with van der Waals surface area (Å²) in [5.41, 5.74) is 2.44. The summed E-state index contributed by atoms with van der Waals surface area (Å²) in [6, 6.07) is 15.7. The van der Waals surface area contributed by atoms with Gasteiger partial charge in [0.05, 0.1) is 22.9 Å². The second-order valence-corrected chi connectivity index (χ2v) is 9.55. The maximum atomic E-state index is 13.2. The van der Waals surface area contributed by atoms with Crippen LogP contribution in [-0.4, -0.2) is 28.9 Å². The molecule has 166 valence electrons. The van der Waals surface area contributed by atoms with E-state index < -0.39 is 17.7 Å². The molecule has 2 aromatic heterocycles. The van der Waals surface area contributed by atoms with Crippen molar-refractivity contribution in [2.75, 3.05) is 12.0 Å². The number of Topliss-reactive ketones (excluding diaryl/α,β-unsaturated/α-hetero) is 1. The summed E-state index contributed by atoms with van der Waals surface area (Å²) < 4.78 is 6.13. The molecule has 0 saturated carbocycles. The molecule has 0 spiro atoms. The van der Waals surface area contributed by atoms with Crippen LogP contribution in [0.4, 0.5) is 5.13 Å². The number of thiophene rings is 1. The Morgan fingerprint density at radius 3 is 2.61 bits per heavy atom. The topological polar surface area (TPSA) is 79.7 Å². The number of ether oxygens (including phenoxy) is 1. The van der Waals surface area contributed by atoms with Gasteiger partial charge in [0.15, 0.2) is 5.13 Å². The fraction of sp³-hybridized carbons (Fsp3) is 0.160. The molecule has 0 aliphatic carbocycles. The van der Waals surface area contributed by atoms with Gasteiger partial charge in [0.1, 0.15) is 17.6 Å². The minimum absolute atomic E-state index is 0.0566. The van der Waals surface area contributed by atoms with E-state index in [2.05, 4.69) is 18.0 Å². The van der Waals surface area contributed by atoms with Crippen molar-refractivity contribution in [3.63, 3.8) is 0 Å². The van der Waals surface area contributed by atoms with Crippen LogP contribution >= 0.6 is 22.7 Å². The van der Waals surface area contributed by atoms with E-state index in [4.69, 9.17) is 4.74 Å². The summed E-state index contributed by atoms with van der Waals surface area (Å²) in [6.45, 7) is 2.08. The van der Waals surface area contributed by atoms with Crippen LogP contribution in [0.5, 0.6) is 5.75 Å². The average molecular weight is 477 g/mol. The lowest BCUT2D eigenvalue weighted by Crippen LogP contribution is -2.28. The minimum atomic E-state index is -0.752. The average Bonchev–Trinajstić information content (AvgIpc) is 3.57. The van der Waals surface area contributed by atoms with Crippen LogP contribution in [0.2, 0.25) is 0 Å². The first kappa shape index (κ1) is 21.4. The molecule has 1 N–H and O–H groups in total. The van der Waals surface area contributed by atoms with Crippen molar-refractivity contribution >= 4 is 55.5 Å². The first-order chi connectivity index (χ1) is 16.0. The standard InChI is InChI=1S/C25H20N2O4S2/c1-3-14-6-11-17-19(13-14)33-25(26-17)27-21(18-5-4-12-32-18)20(23(29)24(27)30)22(28)15-7-9-16(31-2)10-8-15/h4-13,21,28H,3H2,1-2H3/b22-20+/t21-/m0/s1. The Hall–Kier alpha value is -3.49. The molecular formula is C25H20N2O4S2. The monoisotopic (exact) mass is 476 g/mol. The molecule has 0 radical (unpaired) electrons. The van der Waals surface area contributed by atoms with Gasteiger partial charge < -0.3 is 9.84 Å². The van der Waals surface area contributed by atoms with Gasteiger partial charge in [0.25, 0.3) is 5.78 Å². The summed E-state index contributed by atoms with van der Waals surface area (Å²) in [7, 11) is 1.55. The highest BCUT2D eigenvalue weighted by Crippen LogP contribution is 2.45. The summed E-state index contributed by atoms with van der Waals surface area (Å²) in [6.07, 6.45) is 0.894. The lowest BCUT2D eigenvalue weighted by atomic mass is 10.00. The van der Waals surface area contributed by atoms with Gasteiger partial charge in [-0.3, -0.25) is 14.5 Å². The Morgan fingerprint density at radius 2 is 1.94 bits per heavy atom. The smallest absolute Gasteiger partial charge is 0.301 e. The molecule has 6 nitrogen and oxygen atoms in total. The van der Waals surface area contributed by atoms with Crippen LogP contribution in [0.1, 0.15) is 29.0 Å². The zero-order valence-corrected chi connectivity index (χ0v) is 19.6. The van der Waals surface area contributed by atoms with Gasteiger partial charge in [-0.15, -0.1) is 11.3 Å². The largest absolute Gasteiger partial charge is 0.507 e. The lowest BCUT2D eigenvalue weighted by molar-refractivity contribution is -0.132. The predicted octanol–water partition coefficient (Wildman–Crippen LogP) is 5.56. The zero-order chi connectivity index (χ0) is 23.1. The molecule has 8 heteroatoms. The maximum absolute atomic E-state index is 13.2. The maximum Gasteiger partial charge on any atom is 0.301 e. The van der Waals surface area contributed by atoms with Crippen LogP contribution < -0.4 is 9.64 Å². The number of aromatic nitrogens is 1. The number of ketones is 1. The summed E-state index contributed by atoms with van der Waals surface area (Å²) >= 11 is 2.79. The van der Waals surface area contributed by atoms with E-state index in [0.29, 0.717) is 16.4 Å². The highest BCUT2D eigenvalue weighted by atomic mass is 32.1. The molecule has 1 fully saturated rings. The molecule has 1 atom stereocenters. The zero-order valence-electron chi connectivity index (χ0n) is 17.9. The number of rotatable bonds is 5. The van der Waals surface area contributed by atoms with E-state index in [9.17, 15) is 14.7 Å². The highest BCUT2D eigenvalue weighted by Gasteiger charge is 2.48. The van der Waals surface area contributed by atoms with E-state index in [1.807, 2.05) is 29.6 Å². The summed E-state index contributed by atoms with van der Waals surface area (Å²) in [5.74, 6) is -1.01. The van der Waals surface area contributed by atoms with Gasteiger partial charge in [-0.05, 0) is 59.8 Å². The number of fused-ring (bicyclic) bond motifs is 1. The third kappa shape index (κ3) is 3.61. The van der Waals surface area contributed by atoms with E-state index in [1.54, 1.807) is 31.4 Å². The van der Waals surface area contributed by atoms with Gasteiger partial charge >= 0.3 is 5.91 Å². The van der Waals surface area contributed by atoms with Crippen LogP contribution in [0.3, 0.4) is 0 Å². The van der Waals surface area contributed by atoms with Crippen molar-refractivity contribution in [2.24, 2.45) is 0 Å². The Bertz CT molecular complexity index is 1390. The van der Waals surface area contributed by atoms with Crippen molar-refractivity contribution in [1.82, 2.24) is 4.98 Å². The van der Waals surface area contributed by atoms with E-state index in [1.165, 1.54) is 33.1 Å². The number of hydrogen-bond donors (Lipinski definition) is 1. The molecule has 1 amide bonds. The van der Waals surface area contributed by atoms with Crippen LogP contribution in [0.25, 0.3) is 16.0 Å². The van der Waals surface area contributed by atoms with Crippen LogP contribution in [-0.2, 0) is 16.0 Å². The number of carbonyl (C=O) groups excluding carboxylic acids is 2. The molecule has 0 bridgehead atoms. The molecule has 0 unspecified atom stereocenters. The Morgan fingerprint density at radius 1 is 1.15 bits per heavy atom. The molecular weight excluding hydrogens is 456 g/mol. The quantitative estimate of drug-likeness (QED) is 0.232. The summed E-state index contributed by atoms with van der Waals surface area (Å²) in [4.78, 5) is 33.3. The minimum Gasteiger partial charge on any atom is -0.507 e. The Kier molecular flexibility index (Phi) is 5.47. The number of thiazole rings is 1. The first-order valence-corrected chi connectivity index (χ1v) is 12.1. The normalized spacial score (nSPS) is 17.8. The fourth-order valence-electron chi connectivity index (χ4n) is 3.93. The molecule has 1 aliphatic heterocycles. The van der Waals surface area contributed by atoms with Gasteiger partial charge in [-0.2, -0.15) is 0 Å². The van der Waals surface area contributed by atoms with E-state index in [0.717, 1.165) is 21.5 Å². The SMILES string of the molecule is CCc1ccc2nc(N3C(=O)C(=O)/C(=C(/O)c4ccc(OC)cc4)[C@@H]3c3cccs3)sc2c1. The Labute approximate surface area is 198 Å². The van der Waals surface area contributed by atoms with Crippen molar-refractivity contribution in [1.29, 1.82) is 0 Å². The number of methoxy groups -OCH3 is 1. The number of hydrogen-bond acceptors (Lipinski definition) is 7. The predicted molar refractivity (Wildman–Crippen MR) is 131 cm³/mol. The molecule has 3 heterocycles. The number of anilines is 1. The second kappa shape index (κ2) is 8.46. The number of benzene rings is 2. The number of aliphatic hydroxyl groups is 1. The van der Waals surface area contributed by atoms with Gasteiger partial charge in [-0.1, -0.05) is 30.4 Å². The Balaban J connectivity index is 1.67. The highest BCUT2D eigenvalue weighted by molar-refractivity contribution is 7.22. The van der Waals surface area contributed by atoms with Crippen LogP contribution in [0, 0.1) is 0 Å². The van der Waals surface area contributed by atoms with Crippen molar-refractivity contribution in [3.8, 4) is 5.75 Å².